The van der Waals surface area contributed by atoms with Crippen LogP contribution in [0.3, 0.4) is 0 Å². The molecular formula is C13H17BrClNO. The van der Waals surface area contributed by atoms with Gasteiger partial charge in [-0.2, -0.15) is 0 Å². The molecule has 1 saturated heterocycles. The molecule has 17 heavy (non-hydrogen) atoms. The molecule has 4 heteroatoms. The molecule has 1 fully saturated rings. The van der Waals surface area contributed by atoms with Crippen LogP contribution in [-0.2, 0) is 11.3 Å². The Balaban J connectivity index is 2.04. The minimum Gasteiger partial charge on any atom is -0.377 e. The highest BCUT2D eigenvalue weighted by Gasteiger charge is 2.36. The summed E-state index contributed by atoms with van der Waals surface area (Å²) in [6, 6.07) is 5.86. The van der Waals surface area contributed by atoms with Crippen molar-refractivity contribution in [3.8, 4) is 0 Å². The van der Waals surface area contributed by atoms with Crippen LogP contribution in [-0.4, -0.2) is 18.2 Å². The van der Waals surface area contributed by atoms with Crippen molar-refractivity contribution in [2.75, 3.05) is 6.61 Å². The third-order valence-electron chi connectivity index (χ3n) is 3.58. The van der Waals surface area contributed by atoms with Crippen molar-refractivity contribution < 1.29 is 4.74 Å². The Morgan fingerprint density at radius 2 is 2.35 bits per heavy atom. The number of benzene rings is 1. The minimum absolute atomic E-state index is 0.0573. The van der Waals surface area contributed by atoms with Crippen molar-refractivity contribution in [3.05, 3.63) is 33.3 Å². The number of nitrogens with one attached hydrogen (secondary N) is 1. The number of ether oxygens (including phenoxy) is 1. The summed E-state index contributed by atoms with van der Waals surface area (Å²) < 4.78 is 6.70. The fourth-order valence-corrected chi connectivity index (χ4v) is 2.62. The van der Waals surface area contributed by atoms with Crippen LogP contribution in [0.4, 0.5) is 0 Å². The molecule has 0 spiro atoms. The standard InChI is InChI=1S/C13H17BrClNO/c1-9-13(2,5-6-17-9)16-8-10-7-11(15)3-4-12(10)14/h3-4,7,9,16H,5-6,8H2,1-2H3. The average Bonchev–Trinajstić information content (AvgIpc) is 2.61. The first kappa shape index (κ1) is 13.3. The maximum Gasteiger partial charge on any atom is 0.0726 e. The summed E-state index contributed by atoms with van der Waals surface area (Å²) in [5.41, 5.74) is 1.24. The summed E-state index contributed by atoms with van der Waals surface area (Å²) in [6.45, 7) is 5.96. The fraction of sp³-hybridized carbons (Fsp3) is 0.538. The maximum absolute atomic E-state index is 6.00. The monoisotopic (exact) mass is 317 g/mol. The molecule has 1 heterocycles. The van der Waals surface area contributed by atoms with Crippen LogP contribution in [0.1, 0.15) is 25.8 Å². The number of halogens is 2. The molecule has 1 aliphatic heterocycles. The molecule has 2 nitrogen and oxygen atoms in total. The molecule has 0 amide bonds. The van der Waals surface area contributed by atoms with Gasteiger partial charge in [-0.05, 0) is 44.0 Å². The second-order valence-electron chi connectivity index (χ2n) is 4.77. The molecule has 0 radical (unpaired) electrons. The van der Waals surface area contributed by atoms with Crippen molar-refractivity contribution in [2.24, 2.45) is 0 Å². The van der Waals surface area contributed by atoms with Gasteiger partial charge in [-0.15, -0.1) is 0 Å². The first-order valence-electron chi connectivity index (χ1n) is 5.82. The first-order valence-corrected chi connectivity index (χ1v) is 6.99. The van der Waals surface area contributed by atoms with Crippen LogP contribution in [0.15, 0.2) is 22.7 Å². The molecule has 2 atom stereocenters. The lowest BCUT2D eigenvalue weighted by atomic mass is 9.94. The van der Waals surface area contributed by atoms with Gasteiger partial charge in [0.2, 0.25) is 0 Å². The molecule has 0 aromatic heterocycles. The number of rotatable bonds is 3. The highest BCUT2D eigenvalue weighted by atomic mass is 79.9. The maximum atomic E-state index is 6.00. The summed E-state index contributed by atoms with van der Waals surface area (Å²) in [7, 11) is 0. The molecule has 2 rings (SSSR count). The third-order valence-corrected chi connectivity index (χ3v) is 4.59. The molecule has 94 valence electrons. The van der Waals surface area contributed by atoms with Gasteiger partial charge in [-0.1, -0.05) is 27.5 Å². The lowest BCUT2D eigenvalue weighted by Gasteiger charge is -2.29. The molecule has 0 aliphatic carbocycles. The Morgan fingerprint density at radius 1 is 1.59 bits per heavy atom. The van der Waals surface area contributed by atoms with E-state index in [9.17, 15) is 0 Å². The Morgan fingerprint density at radius 3 is 3.00 bits per heavy atom. The summed E-state index contributed by atoms with van der Waals surface area (Å²) >= 11 is 9.55. The van der Waals surface area contributed by atoms with E-state index in [1.807, 2.05) is 18.2 Å². The molecule has 0 bridgehead atoms. The molecule has 1 aromatic rings. The average molecular weight is 319 g/mol. The lowest BCUT2D eigenvalue weighted by molar-refractivity contribution is 0.0881. The van der Waals surface area contributed by atoms with E-state index >= 15 is 0 Å². The van der Waals surface area contributed by atoms with E-state index in [0.29, 0.717) is 0 Å². The Labute approximate surface area is 116 Å². The van der Waals surface area contributed by atoms with E-state index < -0.39 is 0 Å². The van der Waals surface area contributed by atoms with Gasteiger partial charge in [0, 0.05) is 28.2 Å². The van der Waals surface area contributed by atoms with E-state index in [0.717, 1.165) is 29.1 Å². The summed E-state index contributed by atoms with van der Waals surface area (Å²) in [5, 5.41) is 4.35. The molecule has 1 aliphatic rings. The Hall–Kier alpha value is -0.0900. The highest BCUT2D eigenvalue weighted by Crippen LogP contribution is 2.27. The number of hydrogen-bond acceptors (Lipinski definition) is 2. The molecular weight excluding hydrogens is 302 g/mol. The van der Waals surface area contributed by atoms with Crippen LogP contribution >= 0.6 is 27.5 Å². The van der Waals surface area contributed by atoms with Gasteiger partial charge < -0.3 is 10.1 Å². The van der Waals surface area contributed by atoms with Crippen molar-refractivity contribution in [1.82, 2.24) is 5.32 Å². The van der Waals surface area contributed by atoms with Gasteiger partial charge in [0.05, 0.1) is 6.10 Å². The van der Waals surface area contributed by atoms with E-state index in [1.54, 1.807) is 0 Å². The van der Waals surface area contributed by atoms with Crippen molar-refractivity contribution >= 4 is 27.5 Å². The van der Waals surface area contributed by atoms with Crippen LogP contribution < -0.4 is 5.32 Å². The first-order chi connectivity index (χ1) is 8.01. The fourth-order valence-electron chi connectivity index (χ4n) is 2.04. The normalized spacial score (nSPS) is 28.6. The van der Waals surface area contributed by atoms with Gasteiger partial charge >= 0.3 is 0 Å². The zero-order chi connectivity index (χ0) is 12.5. The molecule has 1 N–H and O–H groups in total. The van der Waals surface area contributed by atoms with E-state index in [1.165, 1.54) is 5.56 Å². The van der Waals surface area contributed by atoms with Crippen LogP contribution in [0.2, 0.25) is 5.02 Å². The topological polar surface area (TPSA) is 21.3 Å². The minimum atomic E-state index is 0.0573. The van der Waals surface area contributed by atoms with Gasteiger partial charge in [0.1, 0.15) is 0 Å². The quantitative estimate of drug-likeness (QED) is 0.916. The van der Waals surface area contributed by atoms with Gasteiger partial charge in [-0.25, -0.2) is 0 Å². The summed E-state index contributed by atoms with van der Waals surface area (Å²) in [6.07, 6.45) is 1.30. The van der Waals surface area contributed by atoms with Crippen molar-refractivity contribution in [3.63, 3.8) is 0 Å². The molecule has 1 aromatic carbocycles. The Bertz CT molecular complexity index is 412. The lowest BCUT2D eigenvalue weighted by Crippen LogP contribution is -2.47. The van der Waals surface area contributed by atoms with E-state index in [2.05, 4.69) is 35.1 Å². The zero-order valence-electron chi connectivity index (χ0n) is 10.1. The third kappa shape index (κ3) is 3.02. The zero-order valence-corrected chi connectivity index (χ0v) is 12.4. The van der Waals surface area contributed by atoms with Crippen molar-refractivity contribution in [2.45, 2.75) is 38.5 Å². The largest absolute Gasteiger partial charge is 0.377 e. The second-order valence-corrected chi connectivity index (χ2v) is 6.06. The molecule has 0 saturated carbocycles. The Kier molecular flexibility index (Phi) is 4.14. The predicted octanol–water partition coefficient (Wildman–Crippen LogP) is 3.76. The number of hydrogen-bond donors (Lipinski definition) is 1. The van der Waals surface area contributed by atoms with Crippen LogP contribution in [0.25, 0.3) is 0 Å². The predicted molar refractivity (Wildman–Crippen MR) is 74.4 cm³/mol. The second kappa shape index (κ2) is 5.27. The van der Waals surface area contributed by atoms with E-state index in [-0.39, 0.29) is 11.6 Å². The SMILES string of the molecule is CC1OCCC1(C)NCc1cc(Cl)ccc1Br. The highest BCUT2D eigenvalue weighted by molar-refractivity contribution is 9.10. The smallest absolute Gasteiger partial charge is 0.0726 e. The van der Waals surface area contributed by atoms with Gasteiger partial charge in [0.25, 0.3) is 0 Å². The van der Waals surface area contributed by atoms with Gasteiger partial charge in [-0.3, -0.25) is 0 Å². The van der Waals surface area contributed by atoms with Crippen LogP contribution in [0.5, 0.6) is 0 Å². The summed E-state index contributed by atoms with van der Waals surface area (Å²) in [4.78, 5) is 0. The molecule has 2 unspecified atom stereocenters. The van der Waals surface area contributed by atoms with Gasteiger partial charge in [0.15, 0.2) is 0 Å². The van der Waals surface area contributed by atoms with E-state index in [4.69, 9.17) is 16.3 Å². The summed E-state index contributed by atoms with van der Waals surface area (Å²) in [5.74, 6) is 0. The van der Waals surface area contributed by atoms with Crippen LogP contribution in [0, 0.1) is 0 Å². The van der Waals surface area contributed by atoms with Crippen molar-refractivity contribution in [1.29, 1.82) is 0 Å².